The van der Waals surface area contributed by atoms with Gasteiger partial charge in [-0.2, -0.15) is 0 Å². The van der Waals surface area contributed by atoms with Gasteiger partial charge in [-0.05, 0) is 44.2 Å². The third-order valence-corrected chi connectivity index (χ3v) is 3.81. The van der Waals surface area contributed by atoms with E-state index in [1.807, 2.05) is 12.1 Å². The molecule has 1 heterocycles. The standard InChI is InChI=1S/C20H17N/c1-4-15-11-13-16(14-12-15)21-19(6-3)17(5-2)18-9-7-8-10-20(18)21/h1,5-14H,2-3H3/b17-5-,19-6+. The molecule has 0 spiro atoms. The number of nitrogens with zero attached hydrogens (tertiary/aromatic N) is 1. The van der Waals surface area contributed by atoms with Crippen LogP contribution in [-0.2, 0) is 0 Å². The molecule has 0 saturated carbocycles. The van der Waals surface area contributed by atoms with E-state index in [4.69, 9.17) is 6.42 Å². The summed E-state index contributed by atoms with van der Waals surface area (Å²) >= 11 is 0. The maximum atomic E-state index is 5.44. The molecule has 0 N–H and O–H groups in total. The lowest BCUT2D eigenvalue weighted by Gasteiger charge is -2.06. The molecule has 1 aromatic heterocycles. The van der Waals surface area contributed by atoms with E-state index >= 15 is 0 Å². The Balaban J connectivity index is 2.45. The van der Waals surface area contributed by atoms with Gasteiger partial charge in [-0.25, -0.2) is 0 Å². The fourth-order valence-electron chi connectivity index (χ4n) is 2.86. The van der Waals surface area contributed by atoms with Crippen LogP contribution in [0.1, 0.15) is 19.4 Å². The van der Waals surface area contributed by atoms with Crippen LogP contribution in [0.2, 0.25) is 0 Å². The summed E-state index contributed by atoms with van der Waals surface area (Å²) in [7, 11) is 0. The monoisotopic (exact) mass is 271 g/mol. The van der Waals surface area contributed by atoms with E-state index in [0.717, 1.165) is 11.3 Å². The van der Waals surface area contributed by atoms with Crippen LogP contribution in [0.3, 0.4) is 0 Å². The second-order valence-corrected chi connectivity index (χ2v) is 4.92. The normalized spacial score (nSPS) is 12.8. The molecule has 1 nitrogen and oxygen atoms in total. The summed E-state index contributed by atoms with van der Waals surface area (Å²) in [5, 5.41) is 3.76. The van der Waals surface area contributed by atoms with Gasteiger partial charge in [0.2, 0.25) is 0 Å². The van der Waals surface area contributed by atoms with Crippen LogP contribution in [0, 0.1) is 12.3 Å². The van der Waals surface area contributed by atoms with E-state index in [1.54, 1.807) is 0 Å². The zero-order valence-electron chi connectivity index (χ0n) is 12.3. The summed E-state index contributed by atoms with van der Waals surface area (Å²) in [6, 6.07) is 16.6. The number of terminal acetylenes is 1. The lowest BCUT2D eigenvalue weighted by atomic mass is 10.2. The van der Waals surface area contributed by atoms with E-state index in [9.17, 15) is 0 Å². The largest absolute Gasteiger partial charge is 0.310 e. The van der Waals surface area contributed by atoms with Gasteiger partial charge in [0.15, 0.2) is 0 Å². The summed E-state index contributed by atoms with van der Waals surface area (Å²) in [6.07, 6.45) is 9.77. The summed E-state index contributed by atoms with van der Waals surface area (Å²) in [5.74, 6) is 2.66. The fourth-order valence-corrected chi connectivity index (χ4v) is 2.86. The van der Waals surface area contributed by atoms with Crippen LogP contribution in [-0.4, -0.2) is 4.57 Å². The van der Waals surface area contributed by atoms with Gasteiger partial charge in [0, 0.05) is 27.2 Å². The first-order chi connectivity index (χ1) is 10.3. The number of rotatable bonds is 1. The molecular formula is C20H17N. The van der Waals surface area contributed by atoms with Crippen molar-refractivity contribution >= 4 is 23.1 Å². The molecule has 0 amide bonds. The Morgan fingerprint density at radius 3 is 2.29 bits per heavy atom. The van der Waals surface area contributed by atoms with Crippen LogP contribution in [0.4, 0.5) is 0 Å². The molecule has 0 aliphatic heterocycles. The molecule has 2 aromatic carbocycles. The minimum absolute atomic E-state index is 0.902. The highest BCUT2D eigenvalue weighted by Gasteiger charge is 2.07. The van der Waals surface area contributed by atoms with E-state index in [0.29, 0.717) is 0 Å². The molecule has 0 bridgehead atoms. The number of benzene rings is 2. The van der Waals surface area contributed by atoms with Gasteiger partial charge in [-0.1, -0.05) is 36.3 Å². The first kappa shape index (κ1) is 13.3. The SMILES string of the molecule is C#Cc1ccc(-n2c(=C/C)/c(=C\C)c3ccccc32)cc1. The second kappa shape index (κ2) is 5.34. The lowest BCUT2D eigenvalue weighted by Crippen LogP contribution is -2.27. The van der Waals surface area contributed by atoms with Crippen molar-refractivity contribution in [3.8, 4) is 18.0 Å². The smallest absolute Gasteiger partial charge is 0.0540 e. The lowest BCUT2D eigenvalue weighted by molar-refractivity contribution is 1.07. The van der Waals surface area contributed by atoms with Crippen molar-refractivity contribution in [1.29, 1.82) is 0 Å². The molecule has 0 radical (unpaired) electrons. The summed E-state index contributed by atoms with van der Waals surface area (Å²) in [6.45, 7) is 4.16. The Hall–Kier alpha value is -2.72. The molecule has 21 heavy (non-hydrogen) atoms. The van der Waals surface area contributed by atoms with Crippen molar-refractivity contribution in [2.75, 3.05) is 0 Å². The Morgan fingerprint density at radius 2 is 1.67 bits per heavy atom. The van der Waals surface area contributed by atoms with Gasteiger partial charge in [0.05, 0.1) is 5.52 Å². The molecule has 1 heteroatoms. The van der Waals surface area contributed by atoms with Crippen molar-refractivity contribution in [2.24, 2.45) is 0 Å². The Morgan fingerprint density at radius 1 is 0.952 bits per heavy atom. The molecule has 102 valence electrons. The highest BCUT2D eigenvalue weighted by molar-refractivity contribution is 5.83. The number of aromatic nitrogens is 1. The van der Waals surface area contributed by atoms with Gasteiger partial charge in [0.1, 0.15) is 0 Å². The molecular weight excluding hydrogens is 254 g/mol. The molecule has 3 rings (SSSR count). The average Bonchev–Trinajstić information content (AvgIpc) is 2.88. The maximum Gasteiger partial charge on any atom is 0.0540 e. The van der Waals surface area contributed by atoms with E-state index in [-0.39, 0.29) is 0 Å². The average molecular weight is 271 g/mol. The molecule has 0 atom stereocenters. The Kier molecular flexibility index (Phi) is 3.38. The molecule has 0 saturated heterocycles. The maximum absolute atomic E-state index is 5.44. The van der Waals surface area contributed by atoms with Crippen molar-refractivity contribution in [1.82, 2.24) is 4.57 Å². The van der Waals surface area contributed by atoms with Crippen molar-refractivity contribution in [3.05, 3.63) is 64.7 Å². The summed E-state index contributed by atoms with van der Waals surface area (Å²) < 4.78 is 2.28. The van der Waals surface area contributed by atoms with Crippen molar-refractivity contribution in [3.63, 3.8) is 0 Å². The van der Waals surface area contributed by atoms with E-state index in [2.05, 4.69) is 72.9 Å². The second-order valence-electron chi connectivity index (χ2n) is 4.92. The summed E-state index contributed by atoms with van der Waals surface area (Å²) in [4.78, 5) is 0. The third-order valence-electron chi connectivity index (χ3n) is 3.81. The Labute approximate surface area is 124 Å². The molecule has 0 unspecified atom stereocenters. The van der Waals surface area contributed by atoms with Crippen LogP contribution in [0.25, 0.3) is 28.7 Å². The van der Waals surface area contributed by atoms with Crippen LogP contribution in [0.15, 0.2) is 48.5 Å². The third kappa shape index (κ3) is 2.06. The number of fused-ring (bicyclic) bond motifs is 1. The van der Waals surface area contributed by atoms with Gasteiger partial charge in [-0.3, -0.25) is 0 Å². The zero-order chi connectivity index (χ0) is 14.8. The minimum Gasteiger partial charge on any atom is -0.310 e. The van der Waals surface area contributed by atoms with Crippen molar-refractivity contribution in [2.45, 2.75) is 13.8 Å². The Bertz CT molecular complexity index is 948. The van der Waals surface area contributed by atoms with Gasteiger partial charge >= 0.3 is 0 Å². The quantitative estimate of drug-likeness (QED) is 0.599. The number of hydrogen-bond donors (Lipinski definition) is 0. The first-order valence-corrected chi connectivity index (χ1v) is 7.09. The predicted octanol–water partition coefficient (Wildman–Crippen LogP) is 3.21. The van der Waals surface area contributed by atoms with Crippen LogP contribution < -0.4 is 10.6 Å². The molecule has 0 fully saturated rings. The number of para-hydroxylation sites is 1. The van der Waals surface area contributed by atoms with Crippen molar-refractivity contribution < 1.29 is 0 Å². The van der Waals surface area contributed by atoms with E-state index in [1.165, 1.54) is 21.5 Å². The fraction of sp³-hybridized carbons (Fsp3) is 0.100. The topological polar surface area (TPSA) is 4.93 Å². The number of hydrogen-bond acceptors (Lipinski definition) is 0. The predicted molar refractivity (Wildman–Crippen MR) is 90.7 cm³/mol. The minimum atomic E-state index is 0.902. The molecule has 0 aliphatic carbocycles. The van der Waals surface area contributed by atoms with Crippen LogP contribution in [0.5, 0.6) is 0 Å². The molecule has 0 aliphatic rings. The zero-order valence-corrected chi connectivity index (χ0v) is 12.3. The van der Waals surface area contributed by atoms with Crippen LogP contribution >= 0.6 is 0 Å². The highest BCUT2D eigenvalue weighted by Crippen LogP contribution is 2.15. The van der Waals surface area contributed by atoms with Gasteiger partial charge in [0.25, 0.3) is 0 Å². The van der Waals surface area contributed by atoms with Gasteiger partial charge < -0.3 is 4.57 Å². The van der Waals surface area contributed by atoms with Gasteiger partial charge in [-0.15, -0.1) is 6.42 Å². The first-order valence-electron chi connectivity index (χ1n) is 7.09. The van der Waals surface area contributed by atoms with E-state index < -0.39 is 0 Å². The highest BCUT2D eigenvalue weighted by atomic mass is 15.0. The summed E-state index contributed by atoms with van der Waals surface area (Å²) in [5.41, 5.74) is 3.25. The molecule has 3 aromatic rings.